The topological polar surface area (TPSA) is 23.8 Å². The van der Waals surface area contributed by atoms with E-state index in [0.717, 1.165) is 12.0 Å². The molecule has 0 aliphatic heterocycles. The molecule has 1 nitrogen and oxygen atoms in total. The molecule has 0 radical (unpaired) electrons. The summed E-state index contributed by atoms with van der Waals surface area (Å²) in [5.74, 6) is -0.0470. The number of rotatable bonds is 5. The molecule has 0 aliphatic carbocycles. The van der Waals surface area contributed by atoms with Gasteiger partial charge in [-0.05, 0) is 12.0 Å². The Bertz CT molecular complexity index is 263. The third-order valence-corrected chi connectivity index (χ3v) is 1.70. The van der Waals surface area contributed by atoms with Crippen molar-refractivity contribution in [2.45, 2.75) is 13.3 Å². The molecule has 0 bridgehead atoms. The Morgan fingerprint density at radius 1 is 1.46 bits per heavy atom. The molecule has 0 heterocycles. The molecular formula is C12H15N. The van der Waals surface area contributed by atoms with Crippen LogP contribution in [0, 0.1) is 17.2 Å². The lowest BCUT2D eigenvalue weighted by atomic mass is 9.97. The first-order chi connectivity index (χ1) is 6.29. The first-order valence-corrected chi connectivity index (χ1v) is 4.31. The van der Waals surface area contributed by atoms with Gasteiger partial charge in [0.15, 0.2) is 0 Å². The molecule has 0 amide bonds. The van der Waals surface area contributed by atoms with Gasteiger partial charge in [-0.1, -0.05) is 50.5 Å². The number of allylic oxidation sites excluding steroid dienone is 6. The van der Waals surface area contributed by atoms with Crippen molar-refractivity contribution in [3.05, 3.63) is 49.1 Å². The quantitative estimate of drug-likeness (QED) is 0.584. The minimum absolute atomic E-state index is 0.0470. The average molecular weight is 173 g/mol. The number of hydrogen-bond donors (Lipinski definition) is 0. The van der Waals surface area contributed by atoms with Crippen LogP contribution in [0.3, 0.4) is 0 Å². The Morgan fingerprint density at radius 3 is 2.54 bits per heavy atom. The van der Waals surface area contributed by atoms with E-state index in [2.05, 4.69) is 19.2 Å². The number of hydrogen-bond acceptors (Lipinski definition) is 1. The molecule has 0 N–H and O–H groups in total. The molecule has 0 aromatic heterocycles. The Balaban J connectivity index is 4.70. The molecule has 0 fully saturated rings. The van der Waals surface area contributed by atoms with Gasteiger partial charge in [-0.3, -0.25) is 0 Å². The van der Waals surface area contributed by atoms with E-state index in [1.807, 2.05) is 25.2 Å². The molecular weight excluding hydrogens is 158 g/mol. The Hall–Kier alpha value is -1.55. The lowest BCUT2D eigenvalue weighted by Crippen LogP contribution is -1.96. The fourth-order valence-electron chi connectivity index (χ4n) is 1.00. The van der Waals surface area contributed by atoms with E-state index in [4.69, 9.17) is 5.26 Å². The summed E-state index contributed by atoms with van der Waals surface area (Å²) in [5.41, 5.74) is 0.986. The molecule has 0 spiro atoms. The molecule has 1 atom stereocenters. The van der Waals surface area contributed by atoms with E-state index in [1.165, 1.54) is 0 Å². The van der Waals surface area contributed by atoms with Gasteiger partial charge < -0.3 is 0 Å². The maximum atomic E-state index is 8.84. The van der Waals surface area contributed by atoms with Crippen LogP contribution < -0.4 is 0 Å². The zero-order chi connectivity index (χ0) is 10.1. The molecule has 0 saturated heterocycles. The van der Waals surface area contributed by atoms with Gasteiger partial charge in [0.2, 0.25) is 0 Å². The summed E-state index contributed by atoms with van der Waals surface area (Å²) in [6.07, 6.45) is 9.79. The molecule has 1 unspecified atom stereocenters. The first-order valence-electron chi connectivity index (χ1n) is 4.31. The summed E-state index contributed by atoms with van der Waals surface area (Å²) in [6.45, 7) is 9.19. The second kappa shape index (κ2) is 7.12. The monoisotopic (exact) mass is 173 g/mol. The van der Waals surface area contributed by atoms with Gasteiger partial charge in [-0.15, -0.1) is 0 Å². The minimum atomic E-state index is -0.0470. The van der Waals surface area contributed by atoms with Gasteiger partial charge in [0.25, 0.3) is 0 Å². The van der Waals surface area contributed by atoms with Gasteiger partial charge in [-0.2, -0.15) is 5.26 Å². The summed E-state index contributed by atoms with van der Waals surface area (Å²) < 4.78 is 0. The fraction of sp³-hybridized carbons (Fsp3) is 0.250. The van der Waals surface area contributed by atoms with Crippen molar-refractivity contribution < 1.29 is 0 Å². The summed E-state index contributed by atoms with van der Waals surface area (Å²) >= 11 is 0. The SMILES string of the molecule is C=C/C=C\C(=C/C=C)C(C#N)CC. The van der Waals surface area contributed by atoms with E-state index in [0.29, 0.717) is 0 Å². The number of nitriles is 1. The zero-order valence-corrected chi connectivity index (χ0v) is 8.03. The third-order valence-electron chi connectivity index (χ3n) is 1.70. The van der Waals surface area contributed by atoms with Crippen molar-refractivity contribution in [3.8, 4) is 6.07 Å². The minimum Gasteiger partial charge on any atom is -0.198 e. The molecule has 0 rings (SSSR count). The van der Waals surface area contributed by atoms with Crippen LogP contribution in [0.2, 0.25) is 0 Å². The fourth-order valence-corrected chi connectivity index (χ4v) is 1.00. The van der Waals surface area contributed by atoms with E-state index in [9.17, 15) is 0 Å². The maximum absolute atomic E-state index is 8.84. The van der Waals surface area contributed by atoms with Crippen molar-refractivity contribution in [1.29, 1.82) is 5.26 Å². The second-order valence-corrected chi connectivity index (χ2v) is 2.59. The van der Waals surface area contributed by atoms with Crippen LogP contribution in [0.4, 0.5) is 0 Å². The highest BCUT2D eigenvalue weighted by molar-refractivity contribution is 5.30. The van der Waals surface area contributed by atoms with Gasteiger partial charge in [0.1, 0.15) is 0 Å². The van der Waals surface area contributed by atoms with Crippen molar-refractivity contribution >= 4 is 0 Å². The predicted octanol–water partition coefficient (Wildman–Crippen LogP) is 3.39. The van der Waals surface area contributed by atoms with Crippen LogP contribution in [0.15, 0.2) is 49.1 Å². The van der Waals surface area contributed by atoms with Crippen LogP contribution in [0.25, 0.3) is 0 Å². The van der Waals surface area contributed by atoms with Gasteiger partial charge in [0, 0.05) is 0 Å². The summed E-state index contributed by atoms with van der Waals surface area (Å²) in [5, 5.41) is 8.84. The number of nitrogens with zero attached hydrogens (tertiary/aromatic N) is 1. The van der Waals surface area contributed by atoms with E-state index >= 15 is 0 Å². The highest BCUT2D eigenvalue weighted by Crippen LogP contribution is 2.15. The standard InChI is InChI=1S/C12H15N/c1-4-7-9-12(8-5-2)11(6-3)10-13/h4-5,7-9,11H,1-2,6H2,3H3/b9-7-,12-8+. The van der Waals surface area contributed by atoms with Gasteiger partial charge >= 0.3 is 0 Å². The first kappa shape index (κ1) is 11.4. The predicted molar refractivity (Wildman–Crippen MR) is 57.0 cm³/mol. The van der Waals surface area contributed by atoms with Crippen molar-refractivity contribution in [1.82, 2.24) is 0 Å². The molecule has 0 saturated carbocycles. The highest BCUT2D eigenvalue weighted by atomic mass is 14.3. The van der Waals surface area contributed by atoms with Crippen LogP contribution in [0.1, 0.15) is 13.3 Å². The van der Waals surface area contributed by atoms with Crippen molar-refractivity contribution in [2.24, 2.45) is 5.92 Å². The van der Waals surface area contributed by atoms with Gasteiger partial charge in [0.05, 0.1) is 12.0 Å². The Kier molecular flexibility index (Phi) is 6.27. The van der Waals surface area contributed by atoms with Crippen LogP contribution in [-0.2, 0) is 0 Å². The van der Waals surface area contributed by atoms with E-state index in [-0.39, 0.29) is 5.92 Å². The lowest BCUT2D eigenvalue weighted by Gasteiger charge is -2.05. The molecule has 0 aromatic carbocycles. The van der Waals surface area contributed by atoms with Crippen LogP contribution >= 0.6 is 0 Å². The maximum Gasteiger partial charge on any atom is 0.0710 e. The van der Waals surface area contributed by atoms with E-state index < -0.39 is 0 Å². The smallest absolute Gasteiger partial charge is 0.0710 e. The Labute approximate surface area is 80.4 Å². The summed E-state index contributed by atoms with van der Waals surface area (Å²) in [4.78, 5) is 0. The van der Waals surface area contributed by atoms with Crippen LogP contribution in [-0.4, -0.2) is 0 Å². The summed E-state index contributed by atoms with van der Waals surface area (Å²) in [6, 6.07) is 2.24. The normalized spacial score (nSPS) is 13.7. The molecule has 68 valence electrons. The average Bonchev–Trinajstić information content (AvgIpc) is 2.16. The highest BCUT2D eigenvalue weighted by Gasteiger charge is 2.06. The molecule has 0 aliphatic rings. The molecule has 1 heteroatoms. The second-order valence-electron chi connectivity index (χ2n) is 2.59. The summed E-state index contributed by atoms with van der Waals surface area (Å²) in [7, 11) is 0. The van der Waals surface area contributed by atoms with Gasteiger partial charge in [-0.25, -0.2) is 0 Å². The largest absolute Gasteiger partial charge is 0.198 e. The van der Waals surface area contributed by atoms with Crippen LogP contribution in [0.5, 0.6) is 0 Å². The Morgan fingerprint density at radius 2 is 2.15 bits per heavy atom. The van der Waals surface area contributed by atoms with Crippen molar-refractivity contribution in [2.75, 3.05) is 0 Å². The zero-order valence-electron chi connectivity index (χ0n) is 8.03. The van der Waals surface area contributed by atoms with Crippen molar-refractivity contribution in [3.63, 3.8) is 0 Å². The molecule has 13 heavy (non-hydrogen) atoms. The lowest BCUT2D eigenvalue weighted by molar-refractivity contribution is 0.758. The van der Waals surface area contributed by atoms with E-state index in [1.54, 1.807) is 12.2 Å². The molecule has 0 aromatic rings. The third kappa shape index (κ3) is 4.12.